The molecule has 1 aromatic heterocycles. The van der Waals surface area contributed by atoms with Crippen molar-refractivity contribution in [1.82, 2.24) is 9.88 Å². The van der Waals surface area contributed by atoms with Crippen LogP contribution in [0.15, 0.2) is 30.5 Å². The molecule has 0 aliphatic heterocycles. The Balaban J connectivity index is 1.77. The minimum Gasteiger partial charge on any atom is -0.347 e. The molecule has 1 fully saturated rings. The van der Waals surface area contributed by atoms with Gasteiger partial charge in [-0.2, -0.15) is 0 Å². The van der Waals surface area contributed by atoms with Gasteiger partial charge in [-0.05, 0) is 42.8 Å². The Bertz CT molecular complexity index is 623. The van der Waals surface area contributed by atoms with Gasteiger partial charge in [0.15, 0.2) is 0 Å². The van der Waals surface area contributed by atoms with E-state index in [2.05, 4.69) is 52.2 Å². The number of hydrogen-bond acceptors (Lipinski definition) is 1. The van der Waals surface area contributed by atoms with E-state index in [1.807, 2.05) is 6.92 Å². The van der Waals surface area contributed by atoms with Crippen molar-refractivity contribution in [2.45, 2.75) is 45.3 Å². The van der Waals surface area contributed by atoms with Crippen LogP contribution in [0.1, 0.15) is 31.7 Å². The molecule has 98 valence electrons. The van der Waals surface area contributed by atoms with Crippen molar-refractivity contribution in [3.63, 3.8) is 0 Å². The van der Waals surface area contributed by atoms with E-state index >= 15 is 0 Å². The maximum atomic E-state index is 3.57. The Hall–Kier alpha value is -1.72. The highest BCUT2D eigenvalue weighted by molar-refractivity contribution is 5.80. The van der Waals surface area contributed by atoms with Crippen molar-refractivity contribution in [1.29, 1.82) is 0 Å². The van der Waals surface area contributed by atoms with Gasteiger partial charge >= 0.3 is 0 Å². The summed E-state index contributed by atoms with van der Waals surface area (Å²) in [5.41, 5.74) is 2.70. The van der Waals surface area contributed by atoms with Crippen molar-refractivity contribution in [2.24, 2.45) is 0 Å². The zero-order valence-corrected chi connectivity index (χ0v) is 11.4. The summed E-state index contributed by atoms with van der Waals surface area (Å²) in [6.07, 6.45) is 5.77. The second-order valence-corrected chi connectivity index (χ2v) is 5.23. The third kappa shape index (κ3) is 3.00. The minimum absolute atomic E-state index is 0.766. The smallest absolute Gasteiger partial charge is 0.0483 e. The SMILES string of the molecule is CC#CCCn1ccc2ccc(CNC3CC3)cc21. The highest BCUT2D eigenvalue weighted by atomic mass is 15.0. The van der Waals surface area contributed by atoms with Crippen LogP contribution in [-0.4, -0.2) is 10.6 Å². The molecule has 0 saturated heterocycles. The summed E-state index contributed by atoms with van der Waals surface area (Å²) >= 11 is 0. The van der Waals surface area contributed by atoms with E-state index < -0.39 is 0 Å². The average molecular weight is 252 g/mol. The third-order valence-corrected chi connectivity index (χ3v) is 3.67. The van der Waals surface area contributed by atoms with Crippen molar-refractivity contribution in [2.75, 3.05) is 0 Å². The number of hydrogen-bond donors (Lipinski definition) is 1. The molecule has 0 unspecified atom stereocenters. The molecule has 0 bridgehead atoms. The lowest BCUT2D eigenvalue weighted by Gasteiger charge is -2.06. The summed E-state index contributed by atoms with van der Waals surface area (Å²) in [4.78, 5) is 0. The van der Waals surface area contributed by atoms with Crippen LogP contribution in [0, 0.1) is 11.8 Å². The van der Waals surface area contributed by atoms with Crippen LogP contribution in [0.25, 0.3) is 10.9 Å². The number of rotatable bonds is 5. The van der Waals surface area contributed by atoms with E-state index in [0.717, 1.165) is 25.6 Å². The fourth-order valence-corrected chi connectivity index (χ4v) is 2.39. The van der Waals surface area contributed by atoms with Gasteiger partial charge in [0.1, 0.15) is 0 Å². The van der Waals surface area contributed by atoms with Gasteiger partial charge in [-0.1, -0.05) is 12.1 Å². The molecular formula is C17H20N2. The van der Waals surface area contributed by atoms with Gasteiger partial charge in [-0.15, -0.1) is 11.8 Å². The van der Waals surface area contributed by atoms with Crippen molar-refractivity contribution in [3.8, 4) is 11.8 Å². The molecule has 1 saturated carbocycles. The van der Waals surface area contributed by atoms with Crippen LogP contribution < -0.4 is 5.32 Å². The van der Waals surface area contributed by atoms with Crippen LogP contribution in [-0.2, 0) is 13.1 Å². The van der Waals surface area contributed by atoms with Gasteiger partial charge in [0.2, 0.25) is 0 Å². The number of nitrogens with zero attached hydrogens (tertiary/aromatic N) is 1. The summed E-state index contributed by atoms with van der Waals surface area (Å²) in [5.74, 6) is 6.09. The maximum absolute atomic E-state index is 3.57. The van der Waals surface area contributed by atoms with Crippen LogP contribution in [0.4, 0.5) is 0 Å². The first-order valence-electron chi connectivity index (χ1n) is 7.07. The molecule has 19 heavy (non-hydrogen) atoms. The van der Waals surface area contributed by atoms with Gasteiger partial charge < -0.3 is 9.88 Å². The van der Waals surface area contributed by atoms with Crippen LogP contribution >= 0.6 is 0 Å². The zero-order valence-electron chi connectivity index (χ0n) is 11.4. The number of fused-ring (bicyclic) bond motifs is 1. The van der Waals surface area contributed by atoms with E-state index in [0.29, 0.717) is 0 Å². The maximum Gasteiger partial charge on any atom is 0.0483 e. The topological polar surface area (TPSA) is 17.0 Å². The van der Waals surface area contributed by atoms with Crippen molar-refractivity contribution in [3.05, 3.63) is 36.0 Å². The average Bonchev–Trinajstić information content (AvgIpc) is 3.18. The molecule has 2 heteroatoms. The lowest BCUT2D eigenvalue weighted by Crippen LogP contribution is -2.15. The molecule has 0 amide bonds. The zero-order chi connectivity index (χ0) is 13.1. The normalized spacial score (nSPS) is 14.4. The van der Waals surface area contributed by atoms with Crippen molar-refractivity contribution >= 4 is 10.9 Å². The number of nitrogens with one attached hydrogen (secondary N) is 1. The number of aromatic nitrogens is 1. The Morgan fingerprint density at radius 1 is 1.32 bits per heavy atom. The van der Waals surface area contributed by atoms with Crippen molar-refractivity contribution < 1.29 is 0 Å². The van der Waals surface area contributed by atoms with Gasteiger partial charge in [0.25, 0.3) is 0 Å². The summed E-state index contributed by atoms with van der Waals surface area (Å²) in [6, 6.07) is 9.72. The Labute approximate surface area is 114 Å². The molecule has 0 atom stereocenters. The third-order valence-electron chi connectivity index (χ3n) is 3.67. The summed E-state index contributed by atoms with van der Waals surface area (Å²) < 4.78 is 2.31. The first-order valence-corrected chi connectivity index (χ1v) is 7.07. The van der Waals surface area contributed by atoms with E-state index in [9.17, 15) is 0 Å². The molecule has 3 rings (SSSR count). The van der Waals surface area contributed by atoms with E-state index in [1.165, 1.54) is 29.3 Å². The second-order valence-electron chi connectivity index (χ2n) is 5.23. The molecule has 0 spiro atoms. The second kappa shape index (κ2) is 5.50. The van der Waals surface area contributed by atoms with E-state index in [1.54, 1.807) is 0 Å². The standard InChI is InChI=1S/C17H20N2/c1-2-3-4-10-19-11-9-15-6-5-14(12-17(15)19)13-18-16-7-8-16/h5-6,9,11-12,16,18H,4,7-8,10,13H2,1H3. The predicted octanol–water partition coefficient (Wildman–Crippen LogP) is 3.31. The lowest BCUT2D eigenvalue weighted by molar-refractivity contribution is 0.687. The number of aryl methyl sites for hydroxylation is 1. The fourth-order valence-electron chi connectivity index (χ4n) is 2.39. The van der Waals surface area contributed by atoms with Gasteiger partial charge in [0, 0.05) is 37.3 Å². The minimum atomic E-state index is 0.766. The summed E-state index contributed by atoms with van der Waals surface area (Å²) in [7, 11) is 0. The molecular weight excluding hydrogens is 232 g/mol. The molecule has 1 aliphatic carbocycles. The lowest BCUT2D eigenvalue weighted by atomic mass is 10.1. The van der Waals surface area contributed by atoms with Gasteiger partial charge in [-0.3, -0.25) is 0 Å². The van der Waals surface area contributed by atoms with Gasteiger partial charge in [-0.25, -0.2) is 0 Å². The Kier molecular flexibility index (Phi) is 3.57. The van der Waals surface area contributed by atoms with E-state index in [-0.39, 0.29) is 0 Å². The highest BCUT2D eigenvalue weighted by Crippen LogP contribution is 2.21. The molecule has 1 N–H and O–H groups in total. The van der Waals surface area contributed by atoms with Crippen LogP contribution in [0.5, 0.6) is 0 Å². The van der Waals surface area contributed by atoms with E-state index in [4.69, 9.17) is 0 Å². The molecule has 1 aromatic carbocycles. The molecule has 2 nitrogen and oxygen atoms in total. The summed E-state index contributed by atoms with van der Waals surface area (Å²) in [5, 5.41) is 4.89. The predicted molar refractivity (Wildman–Crippen MR) is 79.9 cm³/mol. The number of benzene rings is 1. The molecule has 1 heterocycles. The summed E-state index contributed by atoms with van der Waals surface area (Å²) in [6.45, 7) is 3.86. The fraction of sp³-hybridized carbons (Fsp3) is 0.412. The quantitative estimate of drug-likeness (QED) is 0.808. The highest BCUT2D eigenvalue weighted by Gasteiger charge is 2.19. The Morgan fingerprint density at radius 3 is 3.00 bits per heavy atom. The first kappa shape index (κ1) is 12.3. The first-order chi connectivity index (χ1) is 9.36. The van der Waals surface area contributed by atoms with Crippen LogP contribution in [0.2, 0.25) is 0 Å². The molecule has 1 aliphatic rings. The molecule has 0 radical (unpaired) electrons. The van der Waals surface area contributed by atoms with Gasteiger partial charge in [0.05, 0.1) is 0 Å². The largest absolute Gasteiger partial charge is 0.347 e. The van der Waals surface area contributed by atoms with Crippen LogP contribution in [0.3, 0.4) is 0 Å². The Morgan fingerprint density at radius 2 is 2.21 bits per heavy atom. The monoisotopic (exact) mass is 252 g/mol. The molecule has 2 aromatic rings.